The van der Waals surface area contributed by atoms with Crippen LogP contribution in [0.15, 0.2) is 71.7 Å². The summed E-state index contributed by atoms with van der Waals surface area (Å²) in [6.45, 7) is 13.8. The van der Waals surface area contributed by atoms with Gasteiger partial charge in [-0.05, 0) is 30.6 Å². The van der Waals surface area contributed by atoms with Gasteiger partial charge in [0.15, 0.2) is 0 Å². The summed E-state index contributed by atoms with van der Waals surface area (Å²) >= 11 is 1.67. The van der Waals surface area contributed by atoms with E-state index < -0.39 is 0 Å². The van der Waals surface area contributed by atoms with Crippen molar-refractivity contribution in [1.82, 2.24) is 0 Å². The average Bonchev–Trinajstić information content (AvgIpc) is 2.73. The number of carbonyl (C=O) groups excluding carboxylic acids is 1. The van der Waals surface area contributed by atoms with Crippen molar-refractivity contribution in [2.75, 3.05) is 12.4 Å². The van der Waals surface area contributed by atoms with Gasteiger partial charge < -0.3 is 4.74 Å². The molecule has 0 aromatic heterocycles. The first kappa shape index (κ1) is 20.3. The molecule has 120 valence electrons. The molecule has 0 amide bonds. The van der Waals surface area contributed by atoms with Crippen molar-refractivity contribution < 1.29 is 9.53 Å². The number of ether oxygens (including phenoxy) is 1. The van der Waals surface area contributed by atoms with Crippen molar-refractivity contribution in [1.29, 1.82) is 0 Å². The van der Waals surface area contributed by atoms with Crippen LogP contribution in [-0.4, -0.2) is 18.3 Å². The van der Waals surface area contributed by atoms with Crippen molar-refractivity contribution in [3.05, 3.63) is 71.7 Å². The Balaban J connectivity index is 0.00000211. The van der Waals surface area contributed by atoms with Crippen molar-refractivity contribution in [2.24, 2.45) is 0 Å². The maximum absolute atomic E-state index is 10.9. The molecular formula is C19H26O2S. The molecule has 0 aliphatic heterocycles. The number of hydrogen-bond donors (Lipinski definition) is 0. The van der Waals surface area contributed by atoms with E-state index in [2.05, 4.69) is 37.5 Å². The second kappa shape index (κ2) is 13.0. The molecule has 2 nitrogen and oxygen atoms in total. The SMILES string of the molecule is C=CC(=O)OCCSC1=CCC(=C)/C(=C\C=C/C)C=C1.CC. The van der Waals surface area contributed by atoms with E-state index in [1.54, 1.807) is 11.8 Å². The molecule has 3 heteroatoms. The summed E-state index contributed by atoms with van der Waals surface area (Å²) in [6, 6.07) is 0. The molecule has 0 atom stereocenters. The zero-order chi connectivity index (χ0) is 16.8. The first-order valence-electron chi connectivity index (χ1n) is 7.48. The Bertz CT molecular complexity index is 494. The summed E-state index contributed by atoms with van der Waals surface area (Å²) in [6.07, 6.45) is 14.4. The fraction of sp³-hybridized carbons (Fsp3) is 0.316. The highest BCUT2D eigenvalue weighted by molar-refractivity contribution is 8.03. The minimum absolute atomic E-state index is 0.374. The molecule has 0 saturated carbocycles. The van der Waals surface area contributed by atoms with Gasteiger partial charge in [0.2, 0.25) is 0 Å². The predicted molar refractivity (Wildman–Crippen MR) is 98.8 cm³/mol. The van der Waals surface area contributed by atoms with Gasteiger partial charge in [0.1, 0.15) is 6.61 Å². The van der Waals surface area contributed by atoms with Gasteiger partial charge in [0.05, 0.1) is 0 Å². The number of carbonyl (C=O) groups is 1. The van der Waals surface area contributed by atoms with Crippen LogP contribution in [0.4, 0.5) is 0 Å². The van der Waals surface area contributed by atoms with E-state index >= 15 is 0 Å². The Morgan fingerprint density at radius 3 is 2.77 bits per heavy atom. The fourth-order valence-electron chi connectivity index (χ4n) is 1.54. The van der Waals surface area contributed by atoms with Crippen LogP contribution in [-0.2, 0) is 9.53 Å². The summed E-state index contributed by atoms with van der Waals surface area (Å²) in [5.74, 6) is 0.358. The smallest absolute Gasteiger partial charge is 0.330 e. The third-order valence-electron chi connectivity index (χ3n) is 2.62. The molecule has 0 unspecified atom stereocenters. The van der Waals surface area contributed by atoms with Crippen LogP contribution in [0.5, 0.6) is 0 Å². The van der Waals surface area contributed by atoms with Gasteiger partial charge in [-0.15, -0.1) is 11.8 Å². The van der Waals surface area contributed by atoms with Crippen LogP contribution in [0.2, 0.25) is 0 Å². The Labute approximate surface area is 139 Å². The molecule has 0 saturated heterocycles. The van der Waals surface area contributed by atoms with Crippen molar-refractivity contribution in [2.45, 2.75) is 27.2 Å². The number of esters is 1. The molecule has 0 aromatic rings. The molecule has 0 bridgehead atoms. The lowest BCUT2D eigenvalue weighted by atomic mass is 10.1. The van der Waals surface area contributed by atoms with Crippen LogP contribution in [0.25, 0.3) is 0 Å². The number of thioether (sulfide) groups is 1. The molecular weight excluding hydrogens is 292 g/mol. The quantitative estimate of drug-likeness (QED) is 0.374. The Hall–Kier alpha value is -1.74. The molecule has 0 spiro atoms. The van der Waals surface area contributed by atoms with Crippen LogP contribution < -0.4 is 0 Å². The van der Waals surface area contributed by atoms with Crippen LogP contribution in [0.1, 0.15) is 27.2 Å². The van der Waals surface area contributed by atoms with E-state index in [1.807, 2.05) is 32.9 Å². The molecule has 1 aliphatic rings. The highest BCUT2D eigenvalue weighted by atomic mass is 32.2. The molecule has 0 heterocycles. The Morgan fingerprint density at radius 1 is 1.41 bits per heavy atom. The zero-order valence-electron chi connectivity index (χ0n) is 13.8. The molecule has 22 heavy (non-hydrogen) atoms. The van der Waals surface area contributed by atoms with Crippen LogP contribution >= 0.6 is 11.8 Å². The topological polar surface area (TPSA) is 26.3 Å². The molecule has 0 N–H and O–H groups in total. The largest absolute Gasteiger partial charge is 0.462 e. The third-order valence-corrected chi connectivity index (χ3v) is 3.62. The van der Waals surface area contributed by atoms with Gasteiger partial charge in [-0.25, -0.2) is 4.79 Å². The van der Waals surface area contributed by atoms with Gasteiger partial charge in [-0.3, -0.25) is 0 Å². The van der Waals surface area contributed by atoms with Crippen LogP contribution in [0.3, 0.4) is 0 Å². The summed E-state index contributed by atoms with van der Waals surface area (Å²) in [5.41, 5.74) is 2.25. The van der Waals surface area contributed by atoms with Gasteiger partial charge in [0.25, 0.3) is 0 Å². The average molecular weight is 318 g/mol. The Kier molecular flexibility index (Phi) is 11.9. The molecule has 0 radical (unpaired) electrons. The van der Waals surface area contributed by atoms with Gasteiger partial charge in [0, 0.05) is 16.7 Å². The lowest BCUT2D eigenvalue weighted by Gasteiger charge is -2.02. The first-order chi connectivity index (χ1) is 10.7. The minimum atomic E-state index is -0.374. The first-order valence-corrected chi connectivity index (χ1v) is 8.47. The Morgan fingerprint density at radius 2 is 2.14 bits per heavy atom. The number of hydrogen-bond acceptors (Lipinski definition) is 3. The van der Waals surface area contributed by atoms with E-state index in [0.29, 0.717) is 6.61 Å². The summed E-state index contributed by atoms with van der Waals surface area (Å²) in [5, 5.41) is 0. The lowest BCUT2D eigenvalue weighted by Crippen LogP contribution is -2.03. The van der Waals surface area contributed by atoms with E-state index in [-0.39, 0.29) is 5.97 Å². The zero-order valence-corrected chi connectivity index (χ0v) is 14.6. The summed E-state index contributed by atoms with van der Waals surface area (Å²) < 4.78 is 4.94. The maximum Gasteiger partial charge on any atom is 0.330 e. The summed E-state index contributed by atoms with van der Waals surface area (Å²) in [4.78, 5) is 12.1. The third kappa shape index (κ3) is 8.53. The van der Waals surface area contributed by atoms with Crippen LogP contribution in [0, 0.1) is 0 Å². The predicted octanol–water partition coefficient (Wildman–Crippen LogP) is 5.38. The second-order valence-corrected chi connectivity index (χ2v) is 5.28. The molecule has 0 fully saturated rings. The van der Waals surface area contributed by atoms with E-state index in [0.717, 1.165) is 23.3 Å². The van der Waals surface area contributed by atoms with Crippen molar-refractivity contribution >= 4 is 17.7 Å². The van der Waals surface area contributed by atoms with E-state index in [1.165, 1.54) is 11.0 Å². The normalized spacial score (nSPS) is 15.9. The number of rotatable bonds is 6. The van der Waals surface area contributed by atoms with Crippen molar-refractivity contribution in [3.8, 4) is 0 Å². The summed E-state index contributed by atoms with van der Waals surface area (Å²) in [7, 11) is 0. The molecule has 1 aliphatic carbocycles. The maximum atomic E-state index is 10.9. The monoisotopic (exact) mass is 318 g/mol. The standard InChI is InChI=1S/C17H20O2S.C2H6/c1-4-6-7-15-9-11-16(10-8-14(15)3)20-13-12-19-17(18)5-2;1-2/h4-7,9-11H,2-3,8,12-13H2,1H3;1-2H3/b6-4-,15-7-;. The lowest BCUT2D eigenvalue weighted by molar-refractivity contribution is -0.137. The van der Waals surface area contributed by atoms with Gasteiger partial charge >= 0.3 is 5.97 Å². The van der Waals surface area contributed by atoms with Crippen molar-refractivity contribution in [3.63, 3.8) is 0 Å². The minimum Gasteiger partial charge on any atom is -0.462 e. The van der Waals surface area contributed by atoms with Gasteiger partial charge in [-0.2, -0.15) is 0 Å². The van der Waals surface area contributed by atoms with E-state index in [4.69, 9.17) is 4.74 Å². The van der Waals surface area contributed by atoms with E-state index in [9.17, 15) is 4.79 Å². The fourth-order valence-corrected chi connectivity index (χ4v) is 2.31. The highest BCUT2D eigenvalue weighted by Gasteiger charge is 2.04. The molecule has 0 aromatic carbocycles. The molecule has 1 rings (SSSR count). The van der Waals surface area contributed by atoms with Gasteiger partial charge in [-0.1, -0.05) is 57.4 Å². The highest BCUT2D eigenvalue weighted by Crippen LogP contribution is 2.26. The number of allylic oxidation sites excluding steroid dienone is 8. The second-order valence-electron chi connectivity index (χ2n) is 4.12.